The second-order valence-electron chi connectivity index (χ2n) is 5.87. The van der Waals surface area contributed by atoms with Crippen molar-refractivity contribution >= 4 is 28.7 Å². The van der Waals surface area contributed by atoms with Gasteiger partial charge in [0, 0.05) is 0 Å². The molecule has 3 heteroatoms. The van der Waals surface area contributed by atoms with Crippen LogP contribution in [0.25, 0.3) is 11.6 Å². The summed E-state index contributed by atoms with van der Waals surface area (Å²) in [6, 6.07) is 15.4. The predicted molar refractivity (Wildman–Crippen MR) is 95.0 cm³/mol. The fourth-order valence-corrected chi connectivity index (χ4v) is 2.97. The molecule has 0 nitrogen and oxygen atoms in total. The van der Waals surface area contributed by atoms with Crippen molar-refractivity contribution in [2.75, 3.05) is 0 Å². The van der Waals surface area contributed by atoms with E-state index in [1.54, 1.807) is 0 Å². The molecule has 2 aromatic carbocycles. The van der Waals surface area contributed by atoms with Crippen LogP contribution in [0.15, 0.2) is 42.5 Å². The molecule has 1 aliphatic rings. The van der Waals surface area contributed by atoms with Gasteiger partial charge in [0.2, 0.25) is 0 Å². The van der Waals surface area contributed by atoms with E-state index in [9.17, 15) is 0 Å². The van der Waals surface area contributed by atoms with Crippen molar-refractivity contribution in [3.05, 3.63) is 70.3 Å². The van der Waals surface area contributed by atoms with Crippen LogP contribution >= 0.6 is 17.0 Å². The van der Waals surface area contributed by atoms with Crippen molar-refractivity contribution in [3.63, 3.8) is 0 Å². The zero-order valence-electron chi connectivity index (χ0n) is 13.2. The van der Waals surface area contributed by atoms with Gasteiger partial charge in [0.1, 0.15) is 0 Å². The van der Waals surface area contributed by atoms with Crippen LogP contribution in [0.5, 0.6) is 0 Å². The Kier molecular flexibility index (Phi) is 6.94. The van der Waals surface area contributed by atoms with Gasteiger partial charge >= 0.3 is 37.9 Å². The predicted octanol–water partition coefficient (Wildman–Crippen LogP) is 6.59. The van der Waals surface area contributed by atoms with Crippen molar-refractivity contribution in [2.24, 2.45) is 0 Å². The van der Waals surface area contributed by atoms with Crippen LogP contribution in [-0.2, 0) is 27.3 Å². The molecular formula is C19H20Cl2Zr. The first-order chi connectivity index (χ1) is 10.6. The first-order valence-corrected chi connectivity index (χ1v) is 13.8. The van der Waals surface area contributed by atoms with E-state index in [0.29, 0.717) is 5.92 Å². The van der Waals surface area contributed by atoms with Crippen LogP contribution in [0.2, 0.25) is 0 Å². The monoisotopic (exact) mass is 408 g/mol. The Morgan fingerprint density at radius 1 is 1.05 bits per heavy atom. The molecule has 0 saturated carbocycles. The third-order valence-electron chi connectivity index (χ3n) is 3.91. The van der Waals surface area contributed by atoms with Crippen molar-refractivity contribution in [2.45, 2.75) is 33.1 Å². The molecule has 114 valence electrons. The minimum absolute atomic E-state index is 0.583. The van der Waals surface area contributed by atoms with Gasteiger partial charge in [0.25, 0.3) is 0 Å². The van der Waals surface area contributed by atoms with Crippen molar-refractivity contribution in [1.82, 2.24) is 0 Å². The third kappa shape index (κ3) is 4.34. The van der Waals surface area contributed by atoms with Crippen LogP contribution in [0.1, 0.15) is 47.6 Å². The molecule has 22 heavy (non-hydrogen) atoms. The summed E-state index contributed by atoms with van der Waals surface area (Å²) >= 11 is -0.826. The maximum absolute atomic E-state index is 4.93. The average molecular weight is 410 g/mol. The van der Waals surface area contributed by atoms with Crippen LogP contribution < -0.4 is 0 Å². The molecule has 0 heterocycles. The number of fused-ring (bicyclic) bond motifs is 1. The van der Waals surface area contributed by atoms with E-state index in [-0.39, 0.29) is 0 Å². The van der Waals surface area contributed by atoms with E-state index < -0.39 is 20.8 Å². The summed E-state index contributed by atoms with van der Waals surface area (Å²) in [5.74, 6) is 0.583. The molecule has 3 rings (SSSR count). The maximum atomic E-state index is 4.93. The summed E-state index contributed by atoms with van der Waals surface area (Å²) in [4.78, 5) is 0. The molecule has 2 aromatic rings. The Labute approximate surface area is 152 Å². The molecule has 0 spiro atoms. The Bertz CT molecular complexity index is 661. The molecule has 0 saturated heterocycles. The SMILES string of the molecule is Cc1cc2c(c(C(C)C)c1)C=C(c1ccccc1)C2.[Cl][Zr][Cl]. The fourth-order valence-electron chi connectivity index (χ4n) is 2.97. The van der Waals surface area contributed by atoms with Gasteiger partial charge in [-0.2, -0.15) is 0 Å². The van der Waals surface area contributed by atoms with Crippen LogP contribution in [0, 0.1) is 6.92 Å². The van der Waals surface area contributed by atoms with Crippen LogP contribution in [0.3, 0.4) is 0 Å². The number of benzene rings is 2. The molecule has 0 radical (unpaired) electrons. The van der Waals surface area contributed by atoms with Gasteiger partial charge in [-0.25, -0.2) is 0 Å². The third-order valence-corrected chi connectivity index (χ3v) is 3.91. The Morgan fingerprint density at radius 3 is 2.27 bits per heavy atom. The number of aryl methyl sites for hydroxylation is 1. The van der Waals surface area contributed by atoms with E-state index in [1.165, 1.54) is 33.4 Å². The molecule has 1 aliphatic carbocycles. The molecular weight excluding hydrogens is 390 g/mol. The molecule has 0 amide bonds. The van der Waals surface area contributed by atoms with E-state index in [0.717, 1.165) is 6.42 Å². The second-order valence-corrected chi connectivity index (χ2v) is 9.60. The van der Waals surface area contributed by atoms with Gasteiger partial charge in [0.15, 0.2) is 0 Å². The Balaban J connectivity index is 0.000000545. The summed E-state index contributed by atoms with van der Waals surface area (Å²) in [6.45, 7) is 6.76. The first kappa shape index (κ1) is 18.0. The molecule has 0 aromatic heterocycles. The summed E-state index contributed by atoms with van der Waals surface area (Å²) in [5.41, 5.74) is 8.61. The van der Waals surface area contributed by atoms with E-state index >= 15 is 0 Å². The zero-order chi connectivity index (χ0) is 16.1. The quantitative estimate of drug-likeness (QED) is 0.524. The molecule has 0 aliphatic heterocycles. The average Bonchev–Trinajstić information content (AvgIpc) is 2.91. The topological polar surface area (TPSA) is 0 Å². The van der Waals surface area contributed by atoms with Gasteiger partial charge in [-0.1, -0.05) is 68.0 Å². The van der Waals surface area contributed by atoms with Gasteiger partial charge in [0.05, 0.1) is 0 Å². The van der Waals surface area contributed by atoms with Crippen LogP contribution in [0.4, 0.5) is 0 Å². The standard InChI is InChI=1S/C19H20.2ClH.Zr/c1-13(2)18-10-14(3)9-17-11-16(12-19(17)18)15-7-5-4-6-8-15;;;/h4-10,12-13H,11H2,1-3H3;2*1H;/q;;;+2/p-2. The van der Waals surface area contributed by atoms with Crippen molar-refractivity contribution in [1.29, 1.82) is 0 Å². The van der Waals surface area contributed by atoms with Crippen LogP contribution in [-0.4, -0.2) is 0 Å². The molecule has 0 fully saturated rings. The fraction of sp³-hybridized carbons (Fsp3) is 0.263. The molecule has 0 bridgehead atoms. The number of rotatable bonds is 2. The van der Waals surface area contributed by atoms with Gasteiger partial charge in [-0.05, 0) is 47.1 Å². The van der Waals surface area contributed by atoms with E-state index in [4.69, 9.17) is 17.0 Å². The van der Waals surface area contributed by atoms with Gasteiger partial charge in [-0.3, -0.25) is 0 Å². The minimum atomic E-state index is -0.826. The molecule has 0 atom stereocenters. The van der Waals surface area contributed by atoms with Gasteiger partial charge < -0.3 is 0 Å². The second kappa shape index (κ2) is 8.48. The number of hydrogen-bond donors (Lipinski definition) is 0. The molecule has 0 unspecified atom stereocenters. The van der Waals surface area contributed by atoms with Crippen molar-refractivity contribution < 1.29 is 20.8 Å². The summed E-state index contributed by atoms with van der Waals surface area (Å²) < 4.78 is 0. The van der Waals surface area contributed by atoms with E-state index in [1.807, 2.05) is 0 Å². The normalized spacial score (nSPS) is 12.4. The summed E-state index contributed by atoms with van der Waals surface area (Å²) in [5, 5.41) is 0. The first-order valence-electron chi connectivity index (χ1n) is 7.42. The molecule has 0 N–H and O–H groups in total. The van der Waals surface area contributed by atoms with Gasteiger partial charge in [-0.15, -0.1) is 0 Å². The summed E-state index contributed by atoms with van der Waals surface area (Å²) in [7, 11) is 9.87. The van der Waals surface area contributed by atoms with Crippen molar-refractivity contribution in [3.8, 4) is 0 Å². The number of halogens is 2. The summed E-state index contributed by atoms with van der Waals surface area (Å²) in [6.07, 6.45) is 3.46. The zero-order valence-corrected chi connectivity index (χ0v) is 17.1. The van der Waals surface area contributed by atoms with E-state index in [2.05, 4.69) is 69.3 Å². The number of allylic oxidation sites excluding steroid dienone is 1. The number of hydrogen-bond acceptors (Lipinski definition) is 0. The Hall–Kier alpha value is -0.357. The Morgan fingerprint density at radius 2 is 1.68 bits per heavy atom.